The Kier molecular flexibility index (Phi) is 11.6. The van der Waals surface area contributed by atoms with E-state index in [4.69, 9.17) is 0 Å². The number of benzene rings is 13. The van der Waals surface area contributed by atoms with Gasteiger partial charge in [0.1, 0.15) is 0 Å². The van der Waals surface area contributed by atoms with Gasteiger partial charge < -0.3 is 19.3 Å². The van der Waals surface area contributed by atoms with Gasteiger partial charge in [-0.15, -0.1) is 0 Å². The van der Waals surface area contributed by atoms with E-state index in [9.17, 15) is 0 Å². The maximum absolute atomic E-state index is 2.60. The van der Waals surface area contributed by atoms with Crippen LogP contribution in [0.3, 0.4) is 0 Å². The molecule has 2 aliphatic rings. The number of anilines is 9. The molecule has 16 rings (SSSR count). The molecule has 4 nitrogen and oxygen atoms in total. The highest BCUT2D eigenvalue weighted by atomic mass is 15.2. The largest absolute Gasteiger partial charge is 0.311 e. The van der Waals surface area contributed by atoms with Crippen LogP contribution in [0.25, 0.3) is 72.0 Å². The zero-order chi connectivity index (χ0) is 54.8. The Morgan fingerprint density at radius 2 is 0.735 bits per heavy atom. The molecule has 0 radical (unpaired) electrons. The Labute approximate surface area is 484 Å². The van der Waals surface area contributed by atoms with E-state index < -0.39 is 0 Å². The summed E-state index contributed by atoms with van der Waals surface area (Å²) in [5.41, 5.74) is 26.6. The van der Waals surface area contributed by atoms with Crippen LogP contribution in [0.1, 0.15) is 0 Å². The maximum atomic E-state index is 2.60. The number of hydrogen-bond donors (Lipinski definition) is 0. The summed E-state index contributed by atoms with van der Waals surface area (Å²) in [6.07, 6.45) is 0. The monoisotopic (exact) mass is 1060 g/mol. The molecule has 0 saturated carbocycles. The van der Waals surface area contributed by atoms with Crippen LogP contribution in [0, 0.1) is 0 Å². The van der Waals surface area contributed by atoms with Crippen LogP contribution in [0.4, 0.5) is 51.2 Å². The summed E-state index contributed by atoms with van der Waals surface area (Å²) in [5.74, 6) is 0. The highest BCUT2D eigenvalue weighted by Gasteiger charge is 2.45. The van der Waals surface area contributed by atoms with E-state index in [-0.39, 0.29) is 6.71 Å². The molecule has 0 bridgehead atoms. The van der Waals surface area contributed by atoms with Crippen LogP contribution in [-0.4, -0.2) is 11.3 Å². The third kappa shape index (κ3) is 8.00. The van der Waals surface area contributed by atoms with Crippen LogP contribution in [0.2, 0.25) is 0 Å². The van der Waals surface area contributed by atoms with Crippen molar-refractivity contribution in [1.29, 1.82) is 0 Å². The number of hydrogen-bond acceptors (Lipinski definition) is 3. The fraction of sp³-hybridized carbons (Fsp3) is 0. The van der Waals surface area contributed by atoms with Crippen LogP contribution in [-0.2, 0) is 0 Å². The molecular formula is C78H53BN4. The van der Waals surface area contributed by atoms with Gasteiger partial charge in [-0.2, -0.15) is 0 Å². The first kappa shape index (κ1) is 48.1. The van der Waals surface area contributed by atoms with Gasteiger partial charge in [-0.05, 0) is 135 Å². The van der Waals surface area contributed by atoms with Crippen LogP contribution in [0.15, 0.2) is 322 Å². The second-order valence-corrected chi connectivity index (χ2v) is 21.6. The molecule has 5 heteroatoms. The molecule has 1 aromatic heterocycles. The van der Waals surface area contributed by atoms with E-state index in [0.717, 1.165) is 73.3 Å². The molecule has 0 unspecified atom stereocenters. The fourth-order valence-electron chi connectivity index (χ4n) is 13.4. The van der Waals surface area contributed by atoms with Crippen LogP contribution < -0.4 is 31.1 Å². The third-order valence-corrected chi connectivity index (χ3v) is 16.9. The standard InChI is InChI=1S/C78H53BN4/c1-7-25-54(26-8-1)58-33-21-39-62(51-58)81-72-45-24-46-73-76(72)79(68-48-47-64(53-74(68)81)80(60-35-15-5-16-36-60)61-37-17-6-18-38-61)69-49-50-71-75(78(69)82(73)63-40-22-34-59(52-63)55-27-9-2-10-28-55)67-41-19-20-44-70(67)83(71)77-65(56-29-11-3-12-30-56)42-23-43-66(77)57-31-13-4-14-32-57/h1-53H. The van der Waals surface area contributed by atoms with Gasteiger partial charge in [0.25, 0.3) is 6.71 Å². The van der Waals surface area contributed by atoms with Gasteiger partial charge in [0, 0.05) is 67.4 Å². The average molecular weight is 1060 g/mol. The Hall–Kier alpha value is -10.9. The molecule has 388 valence electrons. The van der Waals surface area contributed by atoms with Crippen LogP contribution in [0.5, 0.6) is 0 Å². The summed E-state index contributed by atoms with van der Waals surface area (Å²) < 4.78 is 2.56. The van der Waals surface area contributed by atoms with E-state index in [1.165, 1.54) is 66.2 Å². The van der Waals surface area contributed by atoms with Crippen molar-refractivity contribution < 1.29 is 0 Å². The molecule has 0 spiro atoms. The second-order valence-electron chi connectivity index (χ2n) is 21.6. The summed E-state index contributed by atoms with van der Waals surface area (Å²) in [6.45, 7) is -0.146. The van der Waals surface area contributed by atoms with Gasteiger partial charge in [0.15, 0.2) is 0 Å². The molecule has 83 heavy (non-hydrogen) atoms. The summed E-state index contributed by atoms with van der Waals surface area (Å²) in [7, 11) is 0. The number of rotatable bonds is 10. The summed E-state index contributed by atoms with van der Waals surface area (Å²) in [5, 5.41) is 2.40. The number of fused-ring (bicyclic) bond motifs is 8. The van der Waals surface area contributed by atoms with Gasteiger partial charge >= 0.3 is 0 Å². The lowest BCUT2D eigenvalue weighted by Gasteiger charge is -2.44. The van der Waals surface area contributed by atoms with Crippen molar-refractivity contribution in [1.82, 2.24) is 4.57 Å². The molecule has 13 aromatic carbocycles. The van der Waals surface area contributed by atoms with E-state index in [0.29, 0.717) is 0 Å². The quantitative estimate of drug-likeness (QED) is 0.127. The minimum Gasteiger partial charge on any atom is -0.311 e. The first-order valence-corrected chi connectivity index (χ1v) is 28.6. The van der Waals surface area contributed by atoms with Gasteiger partial charge in [-0.3, -0.25) is 0 Å². The lowest BCUT2D eigenvalue weighted by atomic mass is 9.33. The lowest BCUT2D eigenvalue weighted by molar-refractivity contribution is 1.18. The van der Waals surface area contributed by atoms with Crippen molar-refractivity contribution in [3.8, 4) is 50.2 Å². The molecule has 2 aliphatic heterocycles. The zero-order valence-electron chi connectivity index (χ0n) is 45.5. The van der Waals surface area contributed by atoms with Gasteiger partial charge in [-0.1, -0.05) is 237 Å². The van der Waals surface area contributed by atoms with Gasteiger partial charge in [0.05, 0.1) is 22.4 Å². The topological polar surface area (TPSA) is 14.7 Å². The van der Waals surface area contributed by atoms with E-state index in [1.54, 1.807) is 0 Å². The zero-order valence-corrected chi connectivity index (χ0v) is 45.5. The molecule has 0 saturated heterocycles. The van der Waals surface area contributed by atoms with Gasteiger partial charge in [0.2, 0.25) is 0 Å². The second kappa shape index (κ2) is 20.0. The van der Waals surface area contributed by atoms with Crippen molar-refractivity contribution >= 4 is 96.1 Å². The van der Waals surface area contributed by atoms with E-state index in [1.807, 2.05) is 0 Å². The van der Waals surface area contributed by atoms with E-state index in [2.05, 4.69) is 341 Å². The van der Waals surface area contributed by atoms with Crippen molar-refractivity contribution in [3.05, 3.63) is 322 Å². The normalized spacial score (nSPS) is 12.3. The lowest BCUT2D eigenvalue weighted by Crippen LogP contribution is -2.61. The fourth-order valence-corrected chi connectivity index (χ4v) is 13.4. The molecule has 0 atom stereocenters. The Bertz CT molecular complexity index is 4640. The van der Waals surface area contributed by atoms with Crippen LogP contribution >= 0.6 is 0 Å². The summed E-state index contributed by atoms with van der Waals surface area (Å²) >= 11 is 0. The van der Waals surface area contributed by atoms with E-state index >= 15 is 0 Å². The minimum atomic E-state index is -0.146. The number of nitrogens with zero attached hydrogens (tertiary/aromatic N) is 4. The van der Waals surface area contributed by atoms with Crippen molar-refractivity contribution in [2.45, 2.75) is 0 Å². The average Bonchev–Trinajstić information content (AvgIpc) is 2.73. The third-order valence-electron chi connectivity index (χ3n) is 16.9. The van der Waals surface area contributed by atoms with Crippen molar-refractivity contribution in [2.75, 3.05) is 14.7 Å². The highest BCUT2D eigenvalue weighted by molar-refractivity contribution is 7.00. The first-order chi connectivity index (χ1) is 41.2. The van der Waals surface area contributed by atoms with Crippen molar-refractivity contribution in [3.63, 3.8) is 0 Å². The smallest absolute Gasteiger partial charge is 0.252 e. The minimum absolute atomic E-state index is 0.146. The molecule has 3 heterocycles. The SMILES string of the molecule is c1ccc(-c2cccc(N3c4cc(N(c5ccccc5)c5ccccc5)ccc4B4c5ccc6c(c5N(c5cccc(-c7ccccc7)c5)c5cccc3c54)c3ccccc3n6-c3c(-c4ccccc4)cccc3-c3ccccc3)c2)cc1. The number of aromatic nitrogens is 1. The Morgan fingerprint density at radius 1 is 0.277 bits per heavy atom. The number of para-hydroxylation sites is 4. The Morgan fingerprint density at radius 3 is 1.31 bits per heavy atom. The summed E-state index contributed by atoms with van der Waals surface area (Å²) in [6, 6.07) is 118. The molecule has 0 aliphatic carbocycles. The molecule has 0 N–H and O–H groups in total. The predicted molar refractivity (Wildman–Crippen MR) is 351 cm³/mol. The molecule has 0 fully saturated rings. The first-order valence-electron chi connectivity index (χ1n) is 28.6. The molecular weight excluding hydrogens is 1000 g/mol. The predicted octanol–water partition coefficient (Wildman–Crippen LogP) is 19.0. The maximum Gasteiger partial charge on any atom is 0.252 e. The van der Waals surface area contributed by atoms with Gasteiger partial charge in [-0.25, -0.2) is 0 Å². The summed E-state index contributed by atoms with van der Waals surface area (Å²) in [4.78, 5) is 7.52. The molecule has 14 aromatic rings. The highest BCUT2D eigenvalue weighted by Crippen LogP contribution is 2.51. The van der Waals surface area contributed by atoms with Crippen molar-refractivity contribution in [2.24, 2.45) is 0 Å². The molecule has 0 amide bonds. The Balaban J connectivity index is 1.01.